The second-order valence-electron chi connectivity index (χ2n) is 11.1. The predicted octanol–water partition coefficient (Wildman–Crippen LogP) is 4.44. The first kappa shape index (κ1) is 25.7. The van der Waals surface area contributed by atoms with Crippen LogP contribution in [0.4, 0.5) is 5.69 Å². The number of allylic oxidation sites excluding steroid dienone is 4. The van der Waals surface area contributed by atoms with Crippen molar-refractivity contribution >= 4 is 23.1 Å². The van der Waals surface area contributed by atoms with E-state index in [1.54, 1.807) is 0 Å². The van der Waals surface area contributed by atoms with Crippen LogP contribution in [0, 0.1) is 0 Å². The number of carbonyl (C=O) groups excluding carboxylic acids is 2. The number of hydrogen-bond acceptors (Lipinski definition) is 6. The van der Waals surface area contributed by atoms with Gasteiger partial charge in [0.15, 0.2) is 5.78 Å². The van der Waals surface area contributed by atoms with Gasteiger partial charge in [-0.15, -0.1) is 0 Å². The first-order valence-electron chi connectivity index (χ1n) is 14.2. The first-order chi connectivity index (χ1) is 19.0. The molecule has 0 radical (unpaired) electrons. The minimum absolute atomic E-state index is 0.0146. The van der Waals surface area contributed by atoms with Gasteiger partial charge in [0.05, 0.1) is 17.3 Å². The summed E-state index contributed by atoms with van der Waals surface area (Å²) in [5.74, 6) is 0.124. The second kappa shape index (κ2) is 10.9. The van der Waals surface area contributed by atoms with Crippen LogP contribution in [-0.4, -0.2) is 64.5 Å². The molecular weight excluding hydrogens is 488 g/mol. The third-order valence-corrected chi connectivity index (χ3v) is 8.32. The summed E-state index contributed by atoms with van der Waals surface area (Å²) >= 11 is 0. The van der Waals surface area contributed by atoms with E-state index >= 15 is 0 Å². The van der Waals surface area contributed by atoms with Crippen LogP contribution in [0.2, 0.25) is 0 Å². The van der Waals surface area contributed by atoms with Crippen LogP contribution in [-0.2, 0) is 17.8 Å². The van der Waals surface area contributed by atoms with E-state index < -0.39 is 12.1 Å². The largest absolute Gasteiger partial charge is 0.386 e. The zero-order valence-electron chi connectivity index (χ0n) is 22.5. The molecule has 7 nitrogen and oxygen atoms in total. The highest BCUT2D eigenvalue weighted by Gasteiger charge is 2.32. The summed E-state index contributed by atoms with van der Waals surface area (Å²) in [5.41, 5.74) is 6.61. The van der Waals surface area contributed by atoms with Crippen molar-refractivity contribution in [3.63, 3.8) is 0 Å². The quantitative estimate of drug-likeness (QED) is 0.523. The van der Waals surface area contributed by atoms with Crippen LogP contribution in [0.25, 0.3) is 0 Å². The van der Waals surface area contributed by atoms with E-state index in [1.165, 1.54) is 25.9 Å². The number of nitrogens with one attached hydrogen (secondary N) is 1. The van der Waals surface area contributed by atoms with Crippen LogP contribution in [0.3, 0.4) is 0 Å². The van der Waals surface area contributed by atoms with E-state index in [0.29, 0.717) is 30.7 Å². The summed E-state index contributed by atoms with van der Waals surface area (Å²) in [7, 11) is 0. The van der Waals surface area contributed by atoms with Crippen LogP contribution in [0.1, 0.15) is 65.8 Å². The van der Waals surface area contributed by atoms with Gasteiger partial charge >= 0.3 is 0 Å². The van der Waals surface area contributed by atoms with Gasteiger partial charge in [0, 0.05) is 42.9 Å². The molecule has 39 heavy (non-hydrogen) atoms. The minimum Gasteiger partial charge on any atom is -0.386 e. The molecule has 0 bridgehead atoms. The Morgan fingerprint density at radius 3 is 2.64 bits per heavy atom. The Hall–Kier alpha value is -3.55. The van der Waals surface area contributed by atoms with Gasteiger partial charge in [-0.25, -0.2) is 0 Å². The van der Waals surface area contributed by atoms with E-state index in [1.807, 2.05) is 60.4 Å². The van der Waals surface area contributed by atoms with Crippen LogP contribution < -0.4 is 5.32 Å². The maximum atomic E-state index is 13.2. The lowest BCUT2D eigenvalue weighted by Gasteiger charge is -2.20. The zero-order valence-corrected chi connectivity index (χ0v) is 22.5. The number of Topliss-reactive ketones (excluding diaryl/α,β-unsaturated/α-hetero) is 1. The summed E-state index contributed by atoms with van der Waals surface area (Å²) in [4.78, 5) is 35.5. The Bertz CT molecular complexity index is 1370. The van der Waals surface area contributed by atoms with Gasteiger partial charge in [-0.05, 0) is 80.7 Å². The molecule has 4 aliphatic rings. The standard InChI is InChI=1S/C32H36N4O3/c1-21(31(38)22-9-3-2-4-10-22)33-26-11-7-12-29(37)30(26)28-18-23-17-25-24(19-27(23)34-28)20-36(32(25)39)16-8-15-35-13-5-6-14-35/h2-4,7,9-11,17,19,21,31,34,38H,5-6,8,12-16,18,20H2,1H3/t21-,31-/m0/s1. The molecule has 1 saturated heterocycles. The van der Waals surface area contributed by atoms with Crippen molar-refractivity contribution in [2.24, 2.45) is 4.99 Å². The number of amides is 1. The number of hydrogen-bond donors (Lipinski definition) is 2. The fourth-order valence-electron chi connectivity index (χ4n) is 6.20. The average Bonchev–Trinajstić information content (AvgIpc) is 3.67. The lowest BCUT2D eigenvalue weighted by atomic mass is 9.93. The van der Waals surface area contributed by atoms with E-state index in [-0.39, 0.29) is 11.7 Å². The highest BCUT2D eigenvalue weighted by atomic mass is 16.3. The number of fused-ring (bicyclic) bond motifs is 2. The lowest BCUT2D eigenvalue weighted by molar-refractivity contribution is -0.114. The normalized spacial score (nSPS) is 23.3. The SMILES string of the molecule is C[C@H](N=C1C=CCC(=O)C1=C1Cc2cc3c(cc2N1)CN(CCCN1CCCC1)C3=O)[C@H](O)c1ccccc1. The van der Waals surface area contributed by atoms with Gasteiger partial charge in [-0.3, -0.25) is 14.6 Å². The van der Waals surface area contributed by atoms with Crippen molar-refractivity contribution in [1.82, 2.24) is 9.80 Å². The van der Waals surface area contributed by atoms with Crippen molar-refractivity contribution in [2.75, 3.05) is 31.5 Å². The van der Waals surface area contributed by atoms with Crippen molar-refractivity contribution in [3.05, 3.63) is 88.1 Å². The summed E-state index contributed by atoms with van der Waals surface area (Å²) in [6.07, 6.45) is 7.40. The number of likely N-dealkylation sites (tertiary alicyclic amines) is 1. The molecule has 0 spiro atoms. The summed E-state index contributed by atoms with van der Waals surface area (Å²) in [6, 6.07) is 13.1. The molecule has 3 heterocycles. The van der Waals surface area contributed by atoms with E-state index in [0.717, 1.165) is 53.1 Å². The third-order valence-electron chi connectivity index (χ3n) is 8.32. The van der Waals surface area contributed by atoms with Gasteiger partial charge in [0.1, 0.15) is 6.10 Å². The number of nitrogens with zero attached hydrogens (tertiary/aromatic N) is 3. The third kappa shape index (κ3) is 5.21. The maximum Gasteiger partial charge on any atom is 0.254 e. The minimum atomic E-state index is -0.767. The molecule has 7 heteroatoms. The van der Waals surface area contributed by atoms with Crippen molar-refractivity contribution < 1.29 is 14.7 Å². The molecule has 1 aliphatic carbocycles. The van der Waals surface area contributed by atoms with Gasteiger partial charge in [0.2, 0.25) is 0 Å². The Morgan fingerprint density at radius 2 is 1.85 bits per heavy atom. The van der Waals surface area contributed by atoms with E-state index in [4.69, 9.17) is 4.99 Å². The molecule has 3 aliphatic heterocycles. The number of aliphatic hydroxyl groups is 1. The fraction of sp³-hybridized carbons (Fsp3) is 0.406. The summed E-state index contributed by atoms with van der Waals surface area (Å²) < 4.78 is 0. The number of anilines is 1. The lowest BCUT2D eigenvalue weighted by Crippen LogP contribution is -2.29. The smallest absolute Gasteiger partial charge is 0.254 e. The molecule has 2 aromatic carbocycles. The van der Waals surface area contributed by atoms with Crippen molar-refractivity contribution in [3.8, 4) is 0 Å². The Kier molecular flexibility index (Phi) is 7.19. The molecule has 0 aromatic heterocycles. The topological polar surface area (TPSA) is 85.2 Å². The van der Waals surface area contributed by atoms with Crippen LogP contribution in [0.5, 0.6) is 0 Å². The Labute approximate surface area is 229 Å². The first-order valence-corrected chi connectivity index (χ1v) is 14.2. The number of carbonyl (C=O) groups is 2. The van der Waals surface area contributed by atoms with Gasteiger partial charge in [0.25, 0.3) is 5.91 Å². The van der Waals surface area contributed by atoms with Crippen LogP contribution >= 0.6 is 0 Å². The Balaban J connectivity index is 1.19. The number of aliphatic hydroxyl groups excluding tert-OH is 1. The Morgan fingerprint density at radius 1 is 1.05 bits per heavy atom. The number of rotatable bonds is 7. The number of benzene rings is 2. The molecule has 1 fully saturated rings. The van der Waals surface area contributed by atoms with Gasteiger partial charge < -0.3 is 20.2 Å². The van der Waals surface area contributed by atoms with E-state index in [9.17, 15) is 14.7 Å². The molecular formula is C32H36N4O3. The average molecular weight is 525 g/mol. The monoisotopic (exact) mass is 524 g/mol. The van der Waals surface area contributed by atoms with Crippen molar-refractivity contribution in [2.45, 2.75) is 57.7 Å². The van der Waals surface area contributed by atoms with E-state index in [2.05, 4.69) is 16.3 Å². The molecule has 2 atom stereocenters. The molecule has 2 aromatic rings. The van der Waals surface area contributed by atoms with Gasteiger partial charge in [-0.1, -0.05) is 36.4 Å². The second-order valence-corrected chi connectivity index (χ2v) is 11.1. The highest BCUT2D eigenvalue weighted by Crippen LogP contribution is 2.37. The van der Waals surface area contributed by atoms with Gasteiger partial charge in [-0.2, -0.15) is 0 Å². The molecule has 202 valence electrons. The molecule has 6 rings (SSSR count). The summed E-state index contributed by atoms with van der Waals surface area (Å²) in [6.45, 7) is 6.71. The van der Waals surface area contributed by atoms with Crippen LogP contribution in [0.15, 0.2) is 70.9 Å². The predicted molar refractivity (Wildman–Crippen MR) is 153 cm³/mol. The molecule has 0 unspecified atom stereocenters. The van der Waals surface area contributed by atoms with Crippen molar-refractivity contribution in [1.29, 1.82) is 0 Å². The number of aliphatic imine (C=N–C) groups is 1. The molecule has 2 N–H and O–H groups in total. The fourth-order valence-corrected chi connectivity index (χ4v) is 6.20. The maximum absolute atomic E-state index is 13.2. The molecule has 0 saturated carbocycles. The molecule has 1 amide bonds. The zero-order chi connectivity index (χ0) is 26.9. The highest BCUT2D eigenvalue weighted by molar-refractivity contribution is 6.29. The number of ketones is 1. The summed E-state index contributed by atoms with van der Waals surface area (Å²) in [5, 5.41) is 14.3.